The number of nitriles is 1. The fourth-order valence-electron chi connectivity index (χ4n) is 1.16. The standard InChI is InChI=1S/C9H8F3N3O2/c10-9(11,12)17-8-7(16)3-5(1-2-13)6(4-14)15-8/h3,16H,1,4,14H2. The Morgan fingerprint density at radius 3 is 2.65 bits per heavy atom. The molecule has 0 atom stereocenters. The number of aromatic nitrogens is 1. The van der Waals surface area contributed by atoms with Crippen LogP contribution in [0.2, 0.25) is 0 Å². The summed E-state index contributed by atoms with van der Waals surface area (Å²) in [7, 11) is 0. The Balaban J connectivity index is 3.14. The highest BCUT2D eigenvalue weighted by atomic mass is 19.4. The van der Waals surface area contributed by atoms with E-state index in [1.165, 1.54) is 0 Å². The van der Waals surface area contributed by atoms with Gasteiger partial charge >= 0.3 is 6.36 Å². The molecule has 0 unspecified atom stereocenters. The third kappa shape index (κ3) is 3.49. The molecule has 0 aliphatic heterocycles. The van der Waals surface area contributed by atoms with Crippen molar-refractivity contribution in [2.24, 2.45) is 5.73 Å². The average molecular weight is 247 g/mol. The van der Waals surface area contributed by atoms with Crippen LogP contribution in [0, 0.1) is 11.3 Å². The van der Waals surface area contributed by atoms with E-state index in [9.17, 15) is 18.3 Å². The number of pyridine rings is 1. The number of alkyl halides is 3. The molecular weight excluding hydrogens is 239 g/mol. The van der Waals surface area contributed by atoms with Gasteiger partial charge in [-0.15, -0.1) is 13.2 Å². The van der Waals surface area contributed by atoms with Gasteiger partial charge in [0.1, 0.15) is 0 Å². The summed E-state index contributed by atoms with van der Waals surface area (Å²) < 4.78 is 39.4. The SMILES string of the molecule is N#CCc1cc(O)c(OC(F)(F)F)nc1CN. The smallest absolute Gasteiger partial charge is 0.503 e. The van der Waals surface area contributed by atoms with Crippen LogP contribution in [0.4, 0.5) is 13.2 Å². The van der Waals surface area contributed by atoms with E-state index in [1.807, 2.05) is 0 Å². The minimum Gasteiger partial charge on any atom is -0.503 e. The minimum atomic E-state index is -4.95. The second kappa shape index (κ2) is 4.88. The molecule has 1 aromatic heterocycles. The van der Waals surface area contributed by atoms with Crippen LogP contribution in [-0.4, -0.2) is 16.5 Å². The summed E-state index contributed by atoms with van der Waals surface area (Å²) in [6, 6.07) is 2.77. The lowest BCUT2D eigenvalue weighted by molar-refractivity contribution is -0.276. The molecule has 0 saturated heterocycles. The van der Waals surface area contributed by atoms with Gasteiger partial charge in [-0.25, -0.2) is 4.98 Å². The molecule has 0 bridgehead atoms. The molecule has 0 fully saturated rings. The highest BCUT2D eigenvalue weighted by Crippen LogP contribution is 2.31. The Kier molecular flexibility index (Phi) is 3.75. The molecule has 1 rings (SSSR count). The molecule has 5 nitrogen and oxygen atoms in total. The second-order valence-corrected chi connectivity index (χ2v) is 3.01. The van der Waals surface area contributed by atoms with Crippen LogP contribution >= 0.6 is 0 Å². The number of ether oxygens (including phenoxy) is 1. The van der Waals surface area contributed by atoms with E-state index < -0.39 is 18.0 Å². The van der Waals surface area contributed by atoms with Crippen molar-refractivity contribution in [3.8, 4) is 17.7 Å². The first-order valence-corrected chi connectivity index (χ1v) is 4.42. The Hall–Kier alpha value is -2.01. The highest BCUT2D eigenvalue weighted by Gasteiger charge is 2.33. The molecule has 0 radical (unpaired) electrons. The lowest BCUT2D eigenvalue weighted by atomic mass is 10.1. The Labute approximate surface area is 94.2 Å². The van der Waals surface area contributed by atoms with Crippen LogP contribution in [0.15, 0.2) is 6.07 Å². The number of rotatable bonds is 3. The number of nitrogens with zero attached hydrogens (tertiary/aromatic N) is 2. The van der Waals surface area contributed by atoms with Gasteiger partial charge in [-0.3, -0.25) is 0 Å². The number of halogens is 3. The Morgan fingerprint density at radius 2 is 2.18 bits per heavy atom. The zero-order valence-electron chi connectivity index (χ0n) is 8.45. The Morgan fingerprint density at radius 1 is 1.53 bits per heavy atom. The predicted octanol–water partition coefficient (Wildman–Crippen LogP) is 1.21. The molecule has 3 N–H and O–H groups in total. The van der Waals surface area contributed by atoms with Gasteiger partial charge in [0.2, 0.25) is 0 Å². The summed E-state index contributed by atoms with van der Waals surface area (Å²) in [5.41, 5.74) is 5.61. The van der Waals surface area contributed by atoms with Crippen LogP contribution in [-0.2, 0) is 13.0 Å². The van der Waals surface area contributed by atoms with Gasteiger partial charge in [0, 0.05) is 6.54 Å². The third-order valence-corrected chi connectivity index (χ3v) is 1.81. The van der Waals surface area contributed by atoms with Gasteiger partial charge in [0.15, 0.2) is 5.75 Å². The molecule has 0 aromatic carbocycles. The second-order valence-electron chi connectivity index (χ2n) is 3.01. The lowest BCUT2D eigenvalue weighted by Gasteiger charge is -2.12. The quantitative estimate of drug-likeness (QED) is 0.837. The summed E-state index contributed by atoms with van der Waals surface area (Å²) in [6.45, 7) is -0.161. The number of nitrogens with two attached hydrogens (primary N) is 1. The monoisotopic (exact) mass is 247 g/mol. The molecular formula is C9H8F3N3O2. The van der Waals surface area contributed by atoms with Crippen molar-refractivity contribution in [1.29, 1.82) is 5.26 Å². The summed E-state index contributed by atoms with van der Waals surface area (Å²) in [6.07, 6.45) is -5.06. The topological polar surface area (TPSA) is 92.2 Å². The van der Waals surface area contributed by atoms with Crippen LogP contribution in [0.25, 0.3) is 0 Å². The van der Waals surface area contributed by atoms with Crippen molar-refractivity contribution in [3.05, 3.63) is 17.3 Å². The molecule has 0 aliphatic carbocycles. The first kappa shape index (κ1) is 13.1. The molecule has 0 saturated carbocycles. The zero-order chi connectivity index (χ0) is 13.1. The summed E-state index contributed by atoms with van der Waals surface area (Å²) >= 11 is 0. The summed E-state index contributed by atoms with van der Waals surface area (Å²) in [5, 5.41) is 17.7. The van der Waals surface area contributed by atoms with Gasteiger partial charge < -0.3 is 15.6 Å². The van der Waals surface area contributed by atoms with Crippen molar-refractivity contribution < 1.29 is 23.0 Å². The zero-order valence-corrected chi connectivity index (χ0v) is 8.45. The number of hydrogen-bond acceptors (Lipinski definition) is 5. The van der Waals surface area contributed by atoms with E-state index >= 15 is 0 Å². The molecule has 92 valence electrons. The molecule has 0 aliphatic rings. The van der Waals surface area contributed by atoms with Crippen molar-refractivity contribution in [3.63, 3.8) is 0 Å². The summed E-state index contributed by atoms with van der Waals surface area (Å²) in [4.78, 5) is 3.43. The average Bonchev–Trinajstić information content (AvgIpc) is 2.20. The Bertz CT molecular complexity index is 454. The summed E-state index contributed by atoms with van der Waals surface area (Å²) in [5.74, 6) is -1.76. The molecule has 1 heterocycles. The van der Waals surface area contributed by atoms with Crippen LogP contribution in [0.5, 0.6) is 11.6 Å². The maximum absolute atomic E-state index is 11.9. The van der Waals surface area contributed by atoms with E-state index in [-0.39, 0.29) is 24.2 Å². The van der Waals surface area contributed by atoms with E-state index in [4.69, 9.17) is 11.0 Å². The maximum atomic E-state index is 11.9. The van der Waals surface area contributed by atoms with E-state index in [0.29, 0.717) is 0 Å². The molecule has 8 heteroatoms. The number of hydrogen-bond donors (Lipinski definition) is 2. The van der Waals surface area contributed by atoms with Gasteiger partial charge in [0.05, 0.1) is 18.2 Å². The van der Waals surface area contributed by atoms with Gasteiger partial charge in [-0.1, -0.05) is 0 Å². The van der Waals surface area contributed by atoms with E-state index in [0.717, 1.165) is 6.07 Å². The fraction of sp³-hybridized carbons (Fsp3) is 0.333. The lowest BCUT2D eigenvalue weighted by Crippen LogP contribution is -2.19. The molecule has 0 spiro atoms. The third-order valence-electron chi connectivity index (χ3n) is 1.81. The van der Waals surface area contributed by atoms with E-state index in [1.54, 1.807) is 6.07 Å². The fourth-order valence-corrected chi connectivity index (χ4v) is 1.16. The van der Waals surface area contributed by atoms with Crippen LogP contribution in [0.3, 0.4) is 0 Å². The first-order chi connectivity index (χ1) is 7.87. The van der Waals surface area contributed by atoms with Gasteiger partial charge in [-0.2, -0.15) is 5.26 Å². The molecule has 0 amide bonds. The van der Waals surface area contributed by atoms with E-state index in [2.05, 4.69) is 9.72 Å². The maximum Gasteiger partial charge on any atom is 0.574 e. The molecule has 17 heavy (non-hydrogen) atoms. The van der Waals surface area contributed by atoms with Gasteiger partial charge in [-0.05, 0) is 11.6 Å². The predicted molar refractivity (Wildman–Crippen MR) is 49.8 cm³/mol. The van der Waals surface area contributed by atoms with Crippen LogP contribution in [0.1, 0.15) is 11.3 Å². The number of aromatic hydroxyl groups is 1. The van der Waals surface area contributed by atoms with Crippen molar-refractivity contribution in [2.75, 3.05) is 0 Å². The molecule has 1 aromatic rings. The largest absolute Gasteiger partial charge is 0.574 e. The van der Waals surface area contributed by atoms with Crippen molar-refractivity contribution >= 4 is 0 Å². The van der Waals surface area contributed by atoms with Crippen LogP contribution < -0.4 is 10.5 Å². The first-order valence-electron chi connectivity index (χ1n) is 4.42. The van der Waals surface area contributed by atoms with Gasteiger partial charge in [0.25, 0.3) is 5.88 Å². The van der Waals surface area contributed by atoms with Crippen molar-refractivity contribution in [2.45, 2.75) is 19.3 Å². The normalized spacial score (nSPS) is 11.0. The van der Waals surface area contributed by atoms with Crippen molar-refractivity contribution in [1.82, 2.24) is 4.98 Å². The highest BCUT2D eigenvalue weighted by molar-refractivity contribution is 5.39. The minimum absolute atomic E-state index is 0.0728.